The van der Waals surface area contributed by atoms with Gasteiger partial charge in [-0.25, -0.2) is 0 Å². The molecule has 24 heavy (non-hydrogen) atoms. The van der Waals surface area contributed by atoms with Crippen LogP contribution in [0.25, 0.3) is 0 Å². The number of phenolic OH excluding ortho intramolecular Hbond substituents is 1. The van der Waals surface area contributed by atoms with Gasteiger partial charge >= 0.3 is 0 Å². The van der Waals surface area contributed by atoms with Gasteiger partial charge in [-0.3, -0.25) is 10.1 Å². The number of hydrogen-bond acceptors (Lipinski definition) is 3. The smallest absolute Gasteiger partial charge is 0.269 e. The Balaban J connectivity index is 2.08. The summed E-state index contributed by atoms with van der Waals surface area (Å²) < 4.78 is 0. The number of hydrogen-bond donors (Lipinski definition) is 1. The number of phenols is 1. The lowest BCUT2D eigenvalue weighted by Gasteiger charge is -2.19. The third-order valence-corrected chi connectivity index (χ3v) is 4.07. The van der Waals surface area contributed by atoms with Crippen LogP contribution in [-0.4, -0.2) is 10.0 Å². The van der Waals surface area contributed by atoms with E-state index in [0.29, 0.717) is 0 Å². The molecule has 0 aromatic heterocycles. The van der Waals surface area contributed by atoms with Crippen LogP contribution in [0.5, 0.6) is 5.75 Å². The van der Waals surface area contributed by atoms with E-state index in [1.165, 1.54) is 17.7 Å². The molecule has 4 nitrogen and oxygen atoms in total. The van der Waals surface area contributed by atoms with E-state index in [4.69, 9.17) is 0 Å². The van der Waals surface area contributed by atoms with Crippen molar-refractivity contribution in [2.24, 2.45) is 0 Å². The fourth-order valence-corrected chi connectivity index (χ4v) is 2.79. The monoisotopic (exact) mass is 319 g/mol. The van der Waals surface area contributed by atoms with Crippen LogP contribution in [0.1, 0.15) is 28.2 Å². The highest BCUT2D eigenvalue weighted by molar-refractivity contribution is 5.46. The minimum absolute atomic E-state index is 0.0491. The summed E-state index contributed by atoms with van der Waals surface area (Å²) in [5.41, 5.74) is 4.33. The second-order valence-corrected chi connectivity index (χ2v) is 5.78. The predicted molar refractivity (Wildman–Crippen MR) is 93.3 cm³/mol. The summed E-state index contributed by atoms with van der Waals surface area (Å²) in [6, 6.07) is 21.9. The van der Waals surface area contributed by atoms with Crippen LogP contribution in [0.2, 0.25) is 0 Å². The Labute approximate surface area is 140 Å². The number of nitro groups is 1. The zero-order valence-electron chi connectivity index (χ0n) is 13.2. The lowest BCUT2D eigenvalue weighted by atomic mass is 9.85. The first-order valence-corrected chi connectivity index (χ1v) is 7.64. The van der Waals surface area contributed by atoms with Gasteiger partial charge in [-0.1, -0.05) is 54.1 Å². The highest BCUT2D eigenvalue weighted by Gasteiger charge is 2.18. The molecule has 0 bridgehead atoms. The van der Waals surface area contributed by atoms with E-state index in [2.05, 4.69) is 12.1 Å². The first kappa shape index (κ1) is 15.7. The minimum Gasteiger partial charge on any atom is -0.508 e. The summed E-state index contributed by atoms with van der Waals surface area (Å²) in [6.07, 6.45) is 0. The van der Waals surface area contributed by atoms with Gasteiger partial charge in [0.1, 0.15) is 5.75 Å². The zero-order chi connectivity index (χ0) is 17.1. The van der Waals surface area contributed by atoms with Gasteiger partial charge in [0.15, 0.2) is 0 Å². The molecule has 0 radical (unpaired) electrons. The molecular weight excluding hydrogens is 302 g/mol. The van der Waals surface area contributed by atoms with Crippen LogP contribution in [0, 0.1) is 17.0 Å². The van der Waals surface area contributed by atoms with Gasteiger partial charge in [0, 0.05) is 18.1 Å². The number of rotatable bonds is 4. The lowest BCUT2D eigenvalue weighted by molar-refractivity contribution is -0.384. The highest BCUT2D eigenvalue weighted by Crippen LogP contribution is 2.33. The standard InChI is InChI=1S/C20H17NO3/c1-14-2-4-15(5-3-14)20(17-8-12-19(22)13-9-17)16-6-10-18(11-7-16)21(23)24/h2-13,20,22H,1H3. The lowest BCUT2D eigenvalue weighted by Crippen LogP contribution is -2.03. The van der Waals surface area contributed by atoms with E-state index in [0.717, 1.165) is 16.7 Å². The molecule has 0 saturated heterocycles. The quantitative estimate of drug-likeness (QED) is 0.427. The van der Waals surface area contributed by atoms with Crippen molar-refractivity contribution < 1.29 is 10.0 Å². The molecule has 1 atom stereocenters. The van der Waals surface area contributed by atoms with Crippen molar-refractivity contribution in [3.8, 4) is 5.75 Å². The van der Waals surface area contributed by atoms with Crippen LogP contribution in [0.4, 0.5) is 5.69 Å². The van der Waals surface area contributed by atoms with E-state index in [1.807, 2.05) is 31.2 Å². The summed E-state index contributed by atoms with van der Waals surface area (Å²) in [6.45, 7) is 2.03. The van der Waals surface area contributed by atoms with Gasteiger partial charge < -0.3 is 5.11 Å². The van der Waals surface area contributed by atoms with E-state index < -0.39 is 4.92 Å². The van der Waals surface area contributed by atoms with Crippen molar-refractivity contribution in [2.45, 2.75) is 12.8 Å². The normalized spacial score (nSPS) is 11.9. The molecule has 0 amide bonds. The van der Waals surface area contributed by atoms with Crippen molar-refractivity contribution in [3.63, 3.8) is 0 Å². The van der Waals surface area contributed by atoms with Crippen LogP contribution in [0.3, 0.4) is 0 Å². The Morgan fingerprint density at radius 1 is 0.792 bits per heavy atom. The summed E-state index contributed by atoms with van der Waals surface area (Å²) in [7, 11) is 0. The van der Waals surface area contributed by atoms with Crippen molar-refractivity contribution in [1.29, 1.82) is 0 Å². The Hall–Kier alpha value is -3.14. The molecular formula is C20H17NO3. The number of aryl methyl sites for hydroxylation is 1. The molecule has 0 saturated carbocycles. The average molecular weight is 319 g/mol. The highest BCUT2D eigenvalue weighted by atomic mass is 16.6. The van der Waals surface area contributed by atoms with Crippen LogP contribution >= 0.6 is 0 Å². The first-order chi connectivity index (χ1) is 11.5. The SMILES string of the molecule is Cc1ccc(C(c2ccc(O)cc2)c2ccc([N+](=O)[O-])cc2)cc1. The fourth-order valence-electron chi connectivity index (χ4n) is 2.79. The molecule has 1 unspecified atom stereocenters. The second kappa shape index (κ2) is 6.54. The summed E-state index contributed by atoms with van der Waals surface area (Å²) in [4.78, 5) is 10.5. The summed E-state index contributed by atoms with van der Waals surface area (Å²) in [5.74, 6) is 0.164. The number of nitrogens with zero attached hydrogens (tertiary/aromatic N) is 1. The fraction of sp³-hybridized carbons (Fsp3) is 0.100. The topological polar surface area (TPSA) is 63.4 Å². The van der Waals surface area contributed by atoms with Gasteiger partial charge in [0.25, 0.3) is 5.69 Å². The van der Waals surface area contributed by atoms with E-state index >= 15 is 0 Å². The largest absolute Gasteiger partial charge is 0.508 e. The number of aromatic hydroxyl groups is 1. The van der Waals surface area contributed by atoms with Gasteiger partial charge in [-0.15, -0.1) is 0 Å². The van der Waals surface area contributed by atoms with Crippen LogP contribution < -0.4 is 0 Å². The minimum atomic E-state index is -0.398. The van der Waals surface area contributed by atoms with Crippen molar-refractivity contribution in [2.75, 3.05) is 0 Å². The van der Waals surface area contributed by atoms with Gasteiger partial charge in [-0.2, -0.15) is 0 Å². The third-order valence-electron chi connectivity index (χ3n) is 4.07. The molecule has 1 N–H and O–H groups in total. The Bertz CT molecular complexity index is 792. The number of non-ortho nitro benzene ring substituents is 1. The molecule has 3 aromatic rings. The molecule has 0 aliphatic carbocycles. The molecule has 0 fully saturated rings. The van der Waals surface area contributed by atoms with Crippen LogP contribution in [-0.2, 0) is 0 Å². The zero-order valence-corrected chi connectivity index (χ0v) is 13.2. The van der Waals surface area contributed by atoms with Gasteiger partial charge in [0.2, 0.25) is 0 Å². The Morgan fingerprint density at radius 3 is 1.67 bits per heavy atom. The molecule has 3 aromatic carbocycles. The molecule has 120 valence electrons. The summed E-state index contributed by atoms with van der Waals surface area (Å²) >= 11 is 0. The van der Waals surface area contributed by atoms with E-state index in [-0.39, 0.29) is 17.4 Å². The van der Waals surface area contributed by atoms with Crippen molar-refractivity contribution in [3.05, 3.63) is 105 Å². The molecule has 3 rings (SSSR count). The number of benzene rings is 3. The van der Waals surface area contributed by atoms with Crippen molar-refractivity contribution in [1.82, 2.24) is 0 Å². The van der Waals surface area contributed by atoms with Crippen LogP contribution in [0.15, 0.2) is 72.8 Å². The van der Waals surface area contributed by atoms with Gasteiger partial charge in [-0.05, 0) is 35.7 Å². The number of nitro benzene ring substituents is 1. The molecule has 0 spiro atoms. The Kier molecular flexibility index (Phi) is 4.29. The molecule has 0 heterocycles. The van der Waals surface area contributed by atoms with Gasteiger partial charge in [0.05, 0.1) is 4.92 Å². The van der Waals surface area contributed by atoms with E-state index in [1.54, 1.807) is 24.3 Å². The Morgan fingerprint density at radius 2 is 1.21 bits per heavy atom. The molecule has 0 aliphatic rings. The predicted octanol–water partition coefficient (Wildman–Crippen LogP) is 4.79. The third kappa shape index (κ3) is 3.27. The van der Waals surface area contributed by atoms with E-state index in [9.17, 15) is 15.2 Å². The summed E-state index contributed by atoms with van der Waals surface area (Å²) in [5, 5.41) is 20.4. The maximum absolute atomic E-state index is 10.9. The maximum Gasteiger partial charge on any atom is 0.269 e. The van der Waals surface area contributed by atoms with Crippen molar-refractivity contribution >= 4 is 5.69 Å². The second-order valence-electron chi connectivity index (χ2n) is 5.78. The molecule has 0 aliphatic heterocycles. The maximum atomic E-state index is 10.9. The molecule has 4 heteroatoms. The average Bonchev–Trinajstić information content (AvgIpc) is 2.59. The first-order valence-electron chi connectivity index (χ1n) is 7.64.